The lowest BCUT2D eigenvalue weighted by molar-refractivity contribution is -0.135. The zero-order valence-electron chi connectivity index (χ0n) is 15.3. The lowest BCUT2D eigenvalue weighted by Crippen LogP contribution is -2.16. The van der Waals surface area contributed by atoms with Gasteiger partial charge in [-0.05, 0) is 54.9 Å². The number of ether oxygens (including phenoxy) is 1. The predicted octanol–water partition coefficient (Wildman–Crippen LogP) is 6.08. The van der Waals surface area contributed by atoms with Gasteiger partial charge in [-0.1, -0.05) is 68.7 Å². The maximum atomic E-state index is 12.4. The molecule has 0 amide bonds. The molecule has 2 aromatic rings. The van der Waals surface area contributed by atoms with Gasteiger partial charge in [0.15, 0.2) is 0 Å². The molecular weight excluding hydrogens is 308 g/mol. The predicted molar refractivity (Wildman–Crippen MR) is 102 cm³/mol. The first-order valence-electron chi connectivity index (χ1n) is 9.50. The third-order valence-corrected chi connectivity index (χ3v) is 5.48. The number of carbonyl (C=O) groups excluding carboxylic acids is 1. The highest BCUT2D eigenvalue weighted by atomic mass is 16.5. The van der Waals surface area contributed by atoms with Gasteiger partial charge < -0.3 is 4.74 Å². The molecule has 1 aliphatic rings. The molecule has 25 heavy (non-hydrogen) atoms. The molecule has 0 heterocycles. The summed E-state index contributed by atoms with van der Waals surface area (Å²) in [5, 5.41) is 0. The molecule has 0 spiro atoms. The van der Waals surface area contributed by atoms with Crippen LogP contribution < -0.4 is 4.74 Å². The first kappa shape index (κ1) is 17.7. The number of carbonyl (C=O) groups is 1. The van der Waals surface area contributed by atoms with Crippen LogP contribution in [-0.4, -0.2) is 5.97 Å². The van der Waals surface area contributed by atoms with Gasteiger partial charge in [0.25, 0.3) is 0 Å². The molecule has 3 atom stereocenters. The Hall–Kier alpha value is -2.09. The number of rotatable bonds is 4. The van der Waals surface area contributed by atoms with Crippen molar-refractivity contribution in [1.29, 1.82) is 0 Å². The van der Waals surface area contributed by atoms with E-state index in [-0.39, 0.29) is 11.9 Å². The molecule has 1 fully saturated rings. The van der Waals surface area contributed by atoms with Crippen LogP contribution in [0.5, 0.6) is 5.75 Å². The summed E-state index contributed by atoms with van der Waals surface area (Å²) < 4.78 is 5.58. The van der Waals surface area contributed by atoms with Crippen LogP contribution in [-0.2, 0) is 4.79 Å². The summed E-state index contributed by atoms with van der Waals surface area (Å²) in [5.74, 6) is 1.67. The Kier molecular flexibility index (Phi) is 5.91. The van der Waals surface area contributed by atoms with E-state index in [2.05, 4.69) is 19.1 Å². The van der Waals surface area contributed by atoms with Gasteiger partial charge in [0.1, 0.15) is 5.75 Å². The third-order valence-electron chi connectivity index (χ3n) is 5.48. The Morgan fingerprint density at radius 3 is 2.40 bits per heavy atom. The maximum Gasteiger partial charge on any atom is 0.318 e. The van der Waals surface area contributed by atoms with Crippen molar-refractivity contribution in [3.8, 4) is 5.75 Å². The van der Waals surface area contributed by atoms with E-state index in [1.165, 1.54) is 37.7 Å². The molecule has 0 aliphatic heterocycles. The lowest BCUT2D eigenvalue weighted by Gasteiger charge is -2.16. The molecule has 132 valence electrons. The normalized spacial score (nSPS) is 22.0. The number of hydrogen-bond donors (Lipinski definition) is 0. The second kappa shape index (κ2) is 8.33. The van der Waals surface area contributed by atoms with Crippen molar-refractivity contribution in [3.63, 3.8) is 0 Å². The zero-order chi connectivity index (χ0) is 17.6. The number of benzene rings is 2. The highest BCUT2D eigenvalue weighted by Gasteiger charge is 2.19. The second-order valence-corrected chi connectivity index (χ2v) is 7.43. The summed E-state index contributed by atoms with van der Waals surface area (Å²) in [5.41, 5.74) is 2.36. The van der Waals surface area contributed by atoms with Crippen LogP contribution in [0.25, 0.3) is 0 Å². The molecule has 3 rings (SSSR count). The van der Waals surface area contributed by atoms with Crippen LogP contribution in [0.1, 0.15) is 68.9 Å². The smallest absolute Gasteiger partial charge is 0.318 e. The Morgan fingerprint density at radius 2 is 1.68 bits per heavy atom. The van der Waals surface area contributed by atoms with Crippen LogP contribution in [0.4, 0.5) is 0 Å². The van der Waals surface area contributed by atoms with Crippen molar-refractivity contribution in [1.82, 2.24) is 0 Å². The average molecular weight is 336 g/mol. The van der Waals surface area contributed by atoms with Crippen LogP contribution in [0.2, 0.25) is 0 Å². The molecule has 2 aromatic carbocycles. The van der Waals surface area contributed by atoms with Crippen LogP contribution in [0.3, 0.4) is 0 Å². The minimum atomic E-state index is -0.260. The van der Waals surface area contributed by atoms with Gasteiger partial charge in [-0.2, -0.15) is 0 Å². The fraction of sp³-hybridized carbons (Fsp3) is 0.435. The Balaban J connectivity index is 1.61. The molecule has 2 heteroatoms. The van der Waals surface area contributed by atoms with Gasteiger partial charge in [-0.3, -0.25) is 4.79 Å². The monoisotopic (exact) mass is 336 g/mol. The van der Waals surface area contributed by atoms with Crippen LogP contribution in [0.15, 0.2) is 54.6 Å². The third kappa shape index (κ3) is 4.72. The zero-order valence-corrected chi connectivity index (χ0v) is 15.3. The van der Waals surface area contributed by atoms with Gasteiger partial charge in [-0.15, -0.1) is 0 Å². The number of hydrogen-bond acceptors (Lipinski definition) is 2. The highest BCUT2D eigenvalue weighted by Crippen LogP contribution is 2.34. The topological polar surface area (TPSA) is 26.3 Å². The molecule has 1 saturated carbocycles. The Bertz CT molecular complexity index is 675. The second-order valence-electron chi connectivity index (χ2n) is 7.43. The van der Waals surface area contributed by atoms with E-state index in [4.69, 9.17) is 4.74 Å². The van der Waals surface area contributed by atoms with Gasteiger partial charge in [-0.25, -0.2) is 0 Å². The van der Waals surface area contributed by atoms with Crippen LogP contribution >= 0.6 is 0 Å². The van der Waals surface area contributed by atoms with Gasteiger partial charge in [0.2, 0.25) is 0 Å². The first-order valence-corrected chi connectivity index (χ1v) is 9.50. The van der Waals surface area contributed by atoms with Crippen molar-refractivity contribution < 1.29 is 9.53 Å². The van der Waals surface area contributed by atoms with Crippen molar-refractivity contribution in [2.24, 2.45) is 5.92 Å². The summed E-state index contributed by atoms with van der Waals surface area (Å²) in [7, 11) is 0. The summed E-state index contributed by atoms with van der Waals surface area (Å²) in [6, 6.07) is 17.9. The molecule has 3 unspecified atom stereocenters. The maximum absolute atomic E-state index is 12.4. The lowest BCUT2D eigenvalue weighted by atomic mass is 9.91. The fourth-order valence-corrected chi connectivity index (χ4v) is 3.71. The van der Waals surface area contributed by atoms with E-state index in [0.29, 0.717) is 11.7 Å². The summed E-state index contributed by atoms with van der Waals surface area (Å²) in [6.45, 7) is 4.25. The van der Waals surface area contributed by atoms with E-state index in [1.807, 2.05) is 49.4 Å². The van der Waals surface area contributed by atoms with Gasteiger partial charge in [0, 0.05) is 0 Å². The molecule has 0 aromatic heterocycles. The highest BCUT2D eigenvalue weighted by molar-refractivity contribution is 5.79. The summed E-state index contributed by atoms with van der Waals surface area (Å²) >= 11 is 0. The quantitative estimate of drug-likeness (QED) is 0.384. The molecule has 0 saturated heterocycles. The molecule has 2 nitrogen and oxygen atoms in total. The molecular formula is C23H28O2. The van der Waals surface area contributed by atoms with Gasteiger partial charge in [0.05, 0.1) is 5.92 Å². The average Bonchev–Trinajstić information content (AvgIpc) is 2.87. The number of esters is 1. The van der Waals surface area contributed by atoms with E-state index in [9.17, 15) is 4.79 Å². The van der Waals surface area contributed by atoms with E-state index >= 15 is 0 Å². The first-order chi connectivity index (χ1) is 12.1. The summed E-state index contributed by atoms with van der Waals surface area (Å²) in [4.78, 5) is 12.4. The largest absolute Gasteiger partial charge is 0.426 e. The standard InChI is InChI=1S/C23H28O2/c1-17-7-6-10-20(12-11-17)21-13-15-22(16-14-21)25-23(24)18(2)19-8-4-3-5-9-19/h3-5,8-9,13-18,20H,6-7,10-12H2,1-2H3. The minimum Gasteiger partial charge on any atom is -0.426 e. The molecule has 0 N–H and O–H groups in total. The van der Waals surface area contributed by atoms with E-state index in [0.717, 1.165) is 11.5 Å². The molecule has 1 aliphatic carbocycles. The van der Waals surface area contributed by atoms with Crippen molar-refractivity contribution >= 4 is 5.97 Å². The Labute approximate surface area is 151 Å². The van der Waals surface area contributed by atoms with E-state index < -0.39 is 0 Å². The SMILES string of the molecule is CC1CCCC(c2ccc(OC(=O)C(C)c3ccccc3)cc2)CC1. The van der Waals surface area contributed by atoms with E-state index in [1.54, 1.807) is 0 Å². The minimum absolute atomic E-state index is 0.206. The van der Waals surface area contributed by atoms with Crippen LogP contribution in [0, 0.1) is 5.92 Å². The van der Waals surface area contributed by atoms with Crippen molar-refractivity contribution in [2.75, 3.05) is 0 Å². The summed E-state index contributed by atoms with van der Waals surface area (Å²) in [6.07, 6.45) is 6.52. The Morgan fingerprint density at radius 1 is 0.960 bits per heavy atom. The fourth-order valence-electron chi connectivity index (χ4n) is 3.71. The van der Waals surface area contributed by atoms with Crippen molar-refractivity contribution in [2.45, 2.75) is 57.8 Å². The molecule has 0 radical (unpaired) electrons. The molecule has 0 bridgehead atoms. The van der Waals surface area contributed by atoms with Gasteiger partial charge >= 0.3 is 5.97 Å². The van der Waals surface area contributed by atoms with Crippen molar-refractivity contribution in [3.05, 3.63) is 65.7 Å².